The van der Waals surface area contributed by atoms with Crippen LogP contribution in [0.3, 0.4) is 0 Å². The molecule has 0 aromatic rings. The number of unbranched alkanes of at least 4 members (excludes halogenated alkanes) is 9. The van der Waals surface area contributed by atoms with Crippen molar-refractivity contribution in [2.45, 2.75) is 70.6 Å². The third-order valence-corrected chi connectivity index (χ3v) is 2.88. The Bertz CT molecular complexity index is 117. The van der Waals surface area contributed by atoms with Gasteiger partial charge in [-0.05, 0) is 25.7 Å². The highest BCUT2D eigenvalue weighted by atomic mass is 16.3. The van der Waals surface area contributed by atoms with E-state index in [1.54, 1.807) is 0 Å². The summed E-state index contributed by atoms with van der Waals surface area (Å²) in [5, 5.41) is 33.6. The first-order chi connectivity index (χ1) is 9.33. The molecule has 118 valence electrons. The molecule has 0 saturated heterocycles. The maximum atomic E-state index is 8.43. The van der Waals surface area contributed by atoms with Crippen LogP contribution in [-0.2, 0) is 0 Å². The first kappa shape index (κ1) is 21.1. The summed E-state index contributed by atoms with van der Waals surface area (Å²) in [6.07, 6.45) is 11.6. The molecule has 0 heterocycles. The summed E-state index contributed by atoms with van der Waals surface area (Å²) in [7, 11) is 0. The Morgan fingerprint density at radius 2 is 0.421 bits per heavy atom. The van der Waals surface area contributed by atoms with E-state index in [9.17, 15) is 0 Å². The van der Waals surface area contributed by atoms with Gasteiger partial charge in [0.05, 0.1) is 0 Å². The van der Waals surface area contributed by atoms with Crippen molar-refractivity contribution in [3.05, 3.63) is 0 Å². The molecular weight excluding hydrogens is 244 g/mol. The highest BCUT2D eigenvalue weighted by Gasteiger charge is 1.88. The fraction of sp³-hybridized carbons (Fsp3) is 1.00. The van der Waals surface area contributed by atoms with E-state index < -0.39 is 0 Å². The zero-order valence-electron chi connectivity index (χ0n) is 12.4. The minimum Gasteiger partial charge on any atom is -0.396 e. The van der Waals surface area contributed by atoms with Gasteiger partial charge in [-0.15, -0.1) is 0 Å². The van der Waals surface area contributed by atoms with E-state index >= 15 is 0 Å². The van der Waals surface area contributed by atoms with Crippen LogP contribution < -0.4 is 0 Å². The van der Waals surface area contributed by atoms with Crippen LogP contribution in [0.5, 0.6) is 0 Å². The van der Waals surface area contributed by atoms with Gasteiger partial charge in [0.25, 0.3) is 0 Å². The molecule has 0 unspecified atom stereocenters. The van der Waals surface area contributed by atoms with Crippen LogP contribution >= 0.6 is 0 Å². The van der Waals surface area contributed by atoms with E-state index in [2.05, 4.69) is 0 Å². The van der Waals surface area contributed by atoms with Crippen molar-refractivity contribution in [1.82, 2.24) is 0 Å². The molecule has 4 heteroatoms. The van der Waals surface area contributed by atoms with Crippen molar-refractivity contribution in [1.29, 1.82) is 0 Å². The van der Waals surface area contributed by atoms with E-state index in [0.717, 1.165) is 57.8 Å². The molecular formula is C15H34O4. The molecule has 0 radical (unpaired) electrons. The minimum atomic E-state index is 0.305. The van der Waals surface area contributed by atoms with Gasteiger partial charge in [0, 0.05) is 26.4 Å². The van der Waals surface area contributed by atoms with Crippen molar-refractivity contribution in [3.63, 3.8) is 0 Å². The zero-order valence-corrected chi connectivity index (χ0v) is 12.4. The lowest BCUT2D eigenvalue weighted by Crippen LogP contribution is -1.85. The maximum absolute atomic E-state index is 8.43. The van der Waals surface area contributed by atoms with E-state index in [1.165, 1.54) is 12.8 Å². The Morgan fingerprint density at radius 3 is 0.579 bits per heavy atom. The first-order valence-electron chi connectivity index (χ1n) is 7.76. The van der Waals surface area contributed by atoms with E-state index in [-0.39, 0.29) is 0 Å². The lowest BCUT2D eigenvalue weighted by Gasteiger charge is -1.97. The Labute approximate surface area is 118 Å². The molecule has 0 aromatic carbocycles. The van der Waals surface area contributed by atoms with Crippen molar-refractivity contribution in [2.24, 2.45) is 0 Å². The summed E-state index contributed by atoms with van der Waals surface area (Å²) >= 11 is 0. The fourth-order valence-electron chi connectivity index (χ4n) is 1.68. The van der Waals surface area contributed by atoms with Gasteiger partial charge in [-0.25, -0.2) is 0 Å². The smallest absolute Gasteiger partial charge is 0.0431 e. The van der Waals surface area contributed by atoms with E-state index in [1.807, 2.05) is 0 Å². The van der Waals surface area contributed by atoms with Gasteiger partial charge in [0.15, 0.2) is 0 Å². The molecule has 0 amide bonds. The topological polar surface area (TPSA) is 80.9 Å². The monoisotopic (exact) mass is 278 g/mol. The molecule has 0 aromatic heterocycles. The maximum Gasteiger partial charge on any atom is 0.0431 e. The highest BCUT2D eigenvalue weighted by molar-refractivity contribution is 4.43. The molecule has 0 spiro atoms. The second-order valence-corrected chi connectivity index (χ2v) is 4.78. The van der Waals surface area contributed by atoms with Crippen LogP contribution in [0.25, 0.3) is 0 Å². The molecule has 0 aliphatic carbocycles. The van der Waals surface area contributed by atoms with Gasteiger partial charge in [-0.3, -0.25) is 0 Å². The Hall–Kier alpha value is -0.160. The summed E-state index contributed by atoms with van der Waals surface area (Å²) in [6.45, 7) is 1.25. The Balaban J connectivity index is 0. The molecule has 4 nitrogen and oxygen atoms in total. The van der Waals surface area contributed by atoms with Gasteiger partial charge in [0.2, 0.25) is 0 Å². The number of hydrogen-bond donors (Lipinski definition) is 4. The standard InChI is InChI=1S/C8H18O2.C7H16O2/c9-7-5-3-1-2-4-6-8-10;8-6-4-2-1-3-5-7-9/h9-10H,1-8H2;8-9H,1-7H2. The Kier molecular flexibility index (Phi) is 25.6. The van der Waals surface area contributed by atoms with Crippen LogP contribution in [0.2, 0.25) is 0 Å². The molecule has 0 fully saturated rings. The van der Waals surface area contributed by atoms with Crippen molar-refractivity contribution in [3.8, 4) is 0 Å². The number of aliphatic hydroxyl groups excluding tert-OH is 4. The highest BCUT2D eigenvalue weighted by Crippen LogP contribution is 2.03. The van der Waals surface area contributed by atoms with Crippen LogP contribution in [0.1, 0.15) is 70.6 Å². The molecule has 0 aliphatic rings. The summed E-state index contributed by atoms with van der Waals surface area (Å²) in [5.74, 6) is 0. The third kappa shape index (κ3) is 27.2. The molecule has 0 atom stereocenters. The largest absolute Gasteiger partial charge is 0.396 e. The zero-order chi connectivity index (χ0) is 14.6. The average molecular weight is 278 g/mol. The number of aliphatic hydroxyl groups is 4. The minimum absolute atomic E-state index is 0.305. The molecule has 0 bridgehead atoms. The summed E-state index contributed by atoms with van der Waals surface area (Å²) < 4.78 is 0. The van der Waals surface area contributed by atoms with E-state index in [0.29, 0.717) is 26.4 Å². The third-order valence-electron chi connectivity index (χ3n) is 2.88. The van der Waals surface area contributed by atoms with E-state index in [4.69, 9.17) is 20.4 Å². The summed E-state index contributed by atoms with van der Waals surface area (Å²) in [5.41, 5.74) is 0. The fourth-order valence-corrected chi connectivity index (χ4v) is 1.68. The van der Waals surface area contributed by atoms with Gasteiger partial charge < -0.3 is 20.4 Å². The predicted octanol–water partition coefficient (Wildman–Crippen LogP) is 2.23. The molecule has 0 aliphatic heterocycles. The molecule has 0 saturated carbocycles. The second-order valence-electron chi connectivity index (χ2n) is 4.78. The SMILES string of the molecule is OCCCCCCCCO.OCCCCCCCO. The van der Waals surface area contributed by atoms with Crippen LogP contribution in [0.15, 0.2) is 0 Å². The Morgan fingerprint density at radius 1 is 0.263 bits per heavy atom. The lowest BCUT2D eigenvalue weighted by atomic mass is 10.1. The number of hydrogen-bond acceptors (Lipinski definition) is 4. The normalized spacial score (nSPS) is 10.1. The second kappa shape index (κ2) is 23.0. The van der Waals surface area contributed by atoms with Gasteiger partial charge in [-0.1, -0.05) is 44.9 Å². The van der Waals surface area contributed by atoms with Gasteiger partial charge >= 0.3 is 0 Å². The van der Waals surface area contributed by atoms with Gasteiger partial charge in [0.1, 0.15) is 0 Å². The average Bonchev–Trinajstić information content (AvgIpc) is 2.43. The van der Waals surface area contributed by atoms with Crippen LogP contribution in [-0.4, -0.2) is 46.9 Å². The summed E-state index contributed by atoms with van der Waals surface area (Å²) in [6, 6.07) is 0. The quantitative estimate of drug-likeness (QED) is 0.389. The molecule has 4 N–H and O–H groups in total. The first-order valence-corrected chi connectivity index (χ1v) is 7.76. The van der Waals surface area contributed by atoms with Crippen molar-refractivity contribution >= 4 is 0 Å². The van der Waals surface area contributed by atoms with Crippen molar-refractivity contribution in [2.75, 3.05) is 26.4 Å². The van der Waals surface area contributed by atoms with Crippen LogP contribution in [0, 0.1) is 0 Å². The lowest BCUT2D eigenvalue weighted by molar-refractivity contribution is 0.272. The van der Waals surface area contributed by atoms with Crippen LogP contribution in [0.4, 0.5) is 0 Å². The molecule has 0 rings (SSSR count). The van der Waals surface area contributed by atoms with Gasteiger partial charge in [-0.2, -0.15) is 0 Å². The van der Waals surface area contributed by atoms with Crippen molar-refractivity contribution < 1.29 is 20.4 Å². The summed E-state index contributed by atoms with van der Waals surface area (Å²) in [4.78, 5) is 0. The number of rotatable bonds is 13. The molecule has 19 heavy (non-hydrogen) atoms. The predicted molar refractivity (Wildman–Crippen MR) is 79.1 cm³/mol.